The third kappa shape index (κ3) is 3.98. The number of rotatable bonds is 5. The highest BCUT2D eigenvalue weighted by Crippen LogP contribution is 2.47. The van der Waals surface area contributed by atoms with Crippen LogP contribution >= 0.6 is 0 Å². The van der Waals surface area contributed by atoms with Crippen molar-refractivity contribution in [2.45, 2.75) is 0 Å². The smallest absolute Gasteiger partial charge is 0.227 e. The van der Waals surface area contributed by atoms with Crippen molar-refractivity contribution in [3.05, 3.63) is 158 Å². The molecule has 0 fully saturated rings. The molecule has 0 aliphatic carbocycles. The van der Waals surface area contributed by atoms with Gasteiger partial charge in [-0.1, -0.05) is 91.0 Å². The maximum Gasteiger partial charge on any atom is 0.227 e. The number of hydrogen-bond acceptors (Lipinski definition) is 5. The lowest BCUT2D eigenvalue weighted by atomic mass is 9.99. The number of benzene rings is 8. The molecule has 0 saturated carbocycles. The molecule has 0 unspecified atom stereocenters. The molecular formula is C45H26N2O3. The van der Waals surface area contributed by atoms with Crippen LogP contribution in [-0.2, 0) is 0 Å². The van der Waals surface area contributed by atoms with Gasteiger partial charge >= 0.3 is 0 Å². The average Bonchev–Trinajstić information content (AvgIpc) is 3.90. The van der Waals surface area contributed by atoms with E-state index in [1.54, 1.807) is 0 Å². The zero-order chi connectivity index (χ0) is 32.8. The molecule has 0 aliphatic heterocycles. The minimum atomic E-state index is 0.596. The first-order valence-corrected chi connectivity index (χ1v) is 16.7. The number of oxazole rings is 1. The van der Waals surface area contributed by atoms with E-state index in [2.05, 4.69) is 102 Å². The van der Waals surface area contributed by atoms with Gasteiger partial charge in [0.05, 0.1) is 5.69 Å². The zero-order valence-corrected chi connectivity index (χ0v) is 26.6. The van der Waals surface area contributed by atoms with Crippen molar-refractivity contribution in [3.8, 4) is 22.6 Å². The van der Waals surface area contributed by atoms with Crippen LogP contribution in [0, 0.1) is 0 Å². The lowest BCUT2D eigenvalue weighted by Gasteiger charge is -2.26. The highest BCUT2D eigenvalue weighted by molar-refractivity contribution is 6.32. The summed E-state index contributed by atoms with van der Waals surface area (Å²) >= 11 is 0. The lowest BCUT2D eigenvalue weighted by molar-refractivity contribution is 0.623. The molecule has 8 aromatic carbocycles. The Morgan fingerprint density at radius 2 is 1.00 bits per heavy atom. The van der Waals surface area contributed by atoms with Crippen LogP contribution in [0.3, 0.4) is 0 Å². The highest BCUT2D eigenvalue weighted by atomic mass is 16.4. The Morgan fingerprint density at radius 3 is 1.84 bits per heavy atom. The molecule has 0 aliphatic rings. The van der Waals surface area contributed by atoms with Crippen LogP contribution in [0.25, 0.3) is 88.3 Å². The first kappa shape index (κ1) is 27.1. The summed E-state index contributed by atoms with van der Waals surface area (Å²) in [6.07, 6.45) is 0. The van der Waals surface area contributed by atoms with Crippen LogP contribution in [0.1, 0.15) is 0 Å². The van der Waals surface area contributed by atoms with E-state index in [0.29, 0.717) is 5.89 Å². The number of para-hydroxylation sites is 1. The summed E-state index contributed by atoms with van der Waals surface area (Å²) in [5.41, 5.74) is 11.1. The molecule has 0 bridgehead atoms. The zero-order valence-electron chi connectivity index (χ0n) is 26.6. The van der Waals surface area contributed by atoms with Crippen molar-refractivity contribution in [1.82, 2.24) is 4.98 Å². The Kier molecular flexibility index (Phi) is 5.60. The van der Waals surface area contributed by atoms with Gasteiger partial charge in [0, 0.05) is 55.3 Å². The van der Waals surface area contributed by atoms with Crippen LogP contribution in [0.15, 0.2) is 171 Å². The lowest BCUT2D eigenvalue weighted by Crippen LogP contribution is -2.10. The van der Waals surface area contributed by atoms with Gasteiger partial charge in [-0.15, -0.1) is 0 Å². The Labute approximate surface area is 285 Å². The predicted octanol–water partition coefficient (Wildman–Crippen LogP) is 13.0. The fourth-order valence-corrected chi connectivity index (χ4v) is 7.56. The molecule has 0 amide bonds. The van der Waals surface area contributed by atoms with E-state index in [-0.39, 0.29) is 0 Å². The Morgan fingerprint density at radius 1 is 0.380 bits per heavy atom. The number of fused-ring (bicyclic) bond motifs is 6. The summed E-state index contributed by atoms with van der Waals surface area (Å²) in [5.74, 6) is 0.596. The molecule has 50 heavy (non-hydrogen) atoms. The van der Waals surface area contributed by atoms with Crippen LogP contribution in [0.5, 0.6) is 0 Å². The van der Waals surface area contributed by atoms with E-state index in [1.807, 2.05) is 60.7 Å². The van der Waals surface area contributed by atoms with Gasteiger partial charge in [0.2, 0.25) is 5.89 Å². The Balaban J connectivity index is 1.19. The molecule has 5 heteroatoms. The van der Waals surface area contributed by atoms with Crippen molar-refractivity contribution in [2.24, 2.45) is 0 Å². The number of nitrogens with zero attached hydrogens (tertiary/aromatic N) is 2. The van der Waals surface area contributed by atoms with Crippen molar-refractivity contribution >= 4 is 82.8 Å². The van der Waals surface area contributed by atoms with Gasteiger partial charge in [-0.25, -0.2) is 4.98 Å². The van der Waals surface area contributed by atoms with E-state index in [4.69, 9.17) is 18.2 Å². The molecule has 0 spiro atoms. The first-order chi connectivity index (χ1) is 24.8. The summed E-state index contributed by atoms with van der Waals surface area (Å²) in [4.78, 5) is 7.35. The highest BCUT2D eigenvalue weighted by Gasteiger charge is 2.25. The summed E-state index contributed by atoms with van der Waals surface area (Å²) in [6.45, 7) is 0. The van der Waals surface area contributed by atoms with Gasteiger partial charge < -0.3 is 18.2 Å². The van der Waals surface area contributed by atoms with Crippen LogP contribution in [-0.4, -0.2) is 4.98 Å². The van der Waals surface area contributed by atoms with Crippen molar-refractivity contribution < 1.29 is 13.3 Å². The molecule has 3 heterocycles. The van der Waals surface area contributed by atoms with Gasteiger partial charge in [0.15, 0.2) is 5.58 Å². The van der Waals surface area contributed by atoms with E-state index in [0.717, 1.165) is 93.9 Å². The minimum absolute atomic E-state index is 0.596. The molecule has 0 radical (unpaired) electrons. The van der Waals surface area contributed by atoms with E-state index in [1.165, 1.54) is 5.56 Å². The Hall–Kier alpha value is -6.85. The maximum atomic E-state index is 6.66. The van der Waals surface area contributed by atoms with Crippen LogP contribution in [0.2, 0.25) is 0 Å². The van der Waals surface area contributed by atoms with Crippen molar-refractivity contribution in [3.63, 3.8) is 0 Å². The third-order valence-electron chi connectivity index (χ3n) is 9.84. The van der Waals surface area contributed by atoms with E-state index < -0.39 is 0 Å². The SMILES string of the molecule is c1ccc(-c2ccc(N(c3ccc4oc5ccccc5c4c3)c3cc4oc5cccc6c7nc(-c8ccccc8)oc7c(c3)c4c56)cc2)cc1. The molecule has 11 rings (SSSR count). The second-order valence-electron chi connectivity index (χ2n) is 12.7. The second kappa shape index (κ2) is 10.3. The van der Waals surface area contributed by atoms with Gasteiger partial charge in [0.1, 0.15) is 27.8 Å². The van der Waals surface area contributed by atoms with Gasteiger partial charge in [-0.2, -0.15) is 0 Å². The molecule has 3 aromatic heterocycles. The van der Waals surface area contributed by atoms with Crippen LogP contribution < -0.4 is 4.90 Å². The maximum absolute atomic E-state index is 6.66. The molecule has 5 nitrogen and oxygen atoms in total. The fourth-order valence-electron chi connectivity index (χ4n) is 7.56. The van der Waals surface area contributed by atoms with Gasteiger partial charge in [-0.05, 0) is 71.8 Å². The predicted molar refractivity (Wildman–Crippen MR) is 203 cm³/mol. The van der Waals surface area contributed by atoms with Gasteiger partial charge in [-0.3, -0.25) is 0 Å². The topological polar surface area (TPSA) is 55.6 Å². The quantitative estimate of drug-likeness (QED) is 0.175. The molecule has 234 valence electrons. The first-order valence-electron chi connectivity index (χ1n) is 16.7. The normalized spacial score (nSPS) is 12.0. The van der Waals surface area contributed by atoms with E-state index >= 15 is 0 Å². The standard InChI is InChI=1S/C45H26N2O3/c1-3-10-27(11-4-1)28-18-20-30(21-19-28)47(31-22-23-38-35(24-31)33-14-7-8-16-37(33)48-38)32-25-36-42-40(26-32)49-39-17-9-15-34(41(39)42)43-44(36)50-45(46-43)29-12-5-2-6-13-29/h1-26H. The fraction of sp³-hybridized carbons (Fsp3) is 0. The third-order valence-corrected chi connectivity index (χ3v) is 9.84. The number of aromatic nitrogens is 1. The number of anilines is 3. The number of furan rings is 2. The number of hydrogen-bond donors (Lipinski definition) is 0. The minimum Gasteiger partial charge on any atom is -0.456 e. The molecule has 0 saturated heterocycles. The van der Waals surface area contributed by atoms with Gasteiger partial charge in [0.25, 0.3) is 0 Å². The molecule has 11 aromatic rings. The van der Waals surface area contributed by atoms with Crippen molar-refractivity contribution in [2.75, 3.05) is 4.90 Å². The largest absolute Gasteiger partial charge is 0.456 e. The molecule has 0 atom stereocenters. The summed E-state index contributed by atoms with van der Waals surface area (Å²) in [7, 11) is 0. The molecule has 0 N–H and O–H groups in total. The average molecular weight is 643 g/mol. The second-order valence-corrected chi connectivity index (χ2v) is 12.7. The Bertz CT molecular complexity index is 3030. The summed E-state index contributed by atoms with van der Waals surface area (Å²) in [5, 5.41) is 6.23. The van der Waals surface area contributed by atoms with Crippen molar-refractivity contribution in [1.29, 1.82) is 0 Å². The monoisotopic (exact) mass is 642 g/mol. The summed E-state index contributed by atoms with van der Waals surface area (Å²) in [6, 6.07) is 54.4. The summed E-state index contributed by atoms with van der Waals surface area (Å²) < 4.78 is 19.5. The molecular weight excluding hydrogens is 617 g/mol. The van der Waals surface area contributed by atoms with Crippen LogP contribution in [0.4, 0.5) is 17.1 Å². The van der Waals surface area contributed by atoms with E-state index in [9.17, 15) is 0 Å².